The van der Waals surface area contributed by atoms with Crippen molar-refractivity contribution >= 4 is 7.85 Å². The number of likely N-dealkylation sites (tertiary alicyclic amines) is 1. The van der Waals surface area contributed by atoms with E-state index in [2.05, 4.69) is 19.8 Å². The normalized spacial score (nSPS) is 24.3. The van der Waals surface area contributed by atoms with Gasteiger partial charge in [0.1, 0.15) is 0 Å². The van der Waals surface area contributed by atoms with Gasteiger partial charge in [-0.05, 0) is 38.1 Å². The van der Waals surface area contributed by atoms with Gasteiger partial charge in [0.15, 0.2) is 0 Å². The summed E-state index contributed by atoms with van der Waals surface area (Å²) in [5.41, 5.74) is 6.55. The first-order valence-electron chi connectivity index (χ1n) is 6.22. The highest BCUT2D eigenvalue weighted by Gasteiger charge is 2.42. The smallest absolute Gasteiger partial charge is 0.0606 e. The molecule has 1 aliphatic heterocycles. The Morgan fingerprint density at radius 3 is 1.87 bits per heavy atom. The van der Waals surface area contributed by atoms with E-state index < -0.39 is 0 Å². The van der Waals surface area contributed by atoms with Crippen LogP contribution >= 0.6 is 0 Å². The zero-order valence-electron chi connectivity index (χ0n) is 10.9. The predicted molar refractivity (Wildman–Crippen MR) is 69.3 cm³/mol. The van der Waals surface area contributed by atoms with Gasteiger partial charge >= 0.3 is 0 Å². The highest BCUT2D eigenvalue weighted by Crippen LogP contribution is 2.42. The quantitative estimate of drug-likeness (QED) is 0.620. The fourth-order valence-corrected chi connectivity index (χ4v) is 2.67. The number of nitrogens with zero attached hydrogens (tertiary/aromatic N) is 1. The Balaban J connectivity index is 0.000000442. The van der Waals surface area contributed by atoms with Gasteiger partial charge in [-0.2, -0.15) is 0 Å². The van der Waals surface area contributed by atoms with Crippen molar-refractivity contribution in [1.29, 1.82) is 0 Å². The van der Waals surface area contributed by atoms with Crippen molar-refractivity contribution in [1.82, 2.24) is 4.90 Å². The summed E-state index contributed by atoms with van der Waals surface area (Å²) in [5.74, 6) is 0. The van der Waals surface area contributed by atoms with Crippen LogP contribution < -0.4 is 5.73 Å². The number of nitrogens with two attached hydrogens (primary N) is 1. The van der Waals surface area contributed by atoms with E-state index in [1.807, 2.05) is 13.8 Å². The molecule has 1 saturated carbocycles. The maximum atomic E-state index is 5.86. The maximum Gasteiger partial charge on any atom is 0.0606 e. The van der Waals surface area contributed by atoms with Crippen LogP contribution in [-0.2, 0) is 0 Å². The SMILES string of the molecule is CC.CN1CC2(CCC(N)CC2)C1.[B]C. The molecular weight excluding hydrogens is 183 g/mol. The Morgan fingerprint density at radius 2 is 1.53 bits per heavy atom. The fraction of sp³-hybridized carbons (Fsp3) is 1.00. The Morgan fingerprint density at radius 1 is 1.13 bits per heavy atom. The Hall–Kier alpha value is -0.0151. The molecule has 2 nitrogen and oxygen atoms in total. The summed E-state index contributed by atoms with van der Waals surface area (Å²) in [6, 6.07) is 0.506. The van der Waals surface area contributed by atoms with E-state index in [0.717, 1.165) is 0 Å². The van der Waals surface area contributed by atoms with Gasteiger partial charge < -0.3 is 10.6 Å². The molecule has 2 fully saturated rings. The standard InChI is InChI=1S/C9H18N2.C2H6.CH3B/c1-11-6-9(7-11)4-2-8(10)3-5-9;2*1-2/h8H,2-7,10H2,1H3;1-2H3;1H3. The van der Waals surface area contributed by atoms with Crippen LogP contribution in [0.4, 0.5) is 0 Å². The molecule has 0 aromatic rings. The molecule has 2 aliphatic rings. The molecule has 2 N–H and O–H groups in total. The van der Waals surface area contributed by atoms with E-state index in [1.165, 1.54) is 45.6 Å². The van der Waals surface area contributed by atoms with Gasteiger partial charge in [-0.25, -0.2) is 0 Å². The van der Waals surface area contributed by atoms with E-state index in [9.17, 15) is 0 Å². The molecule has 1 saturated heterocycles. The number of hydrogen-bond acceptors (Lipinski definition) is 2. The van der Waals surface area contributed by atoms with Gasteiger partial charge in [-0.15, -0.1) is 0 Å². The van der Waals surface area contributed by atoms with E-state index in [1.54, 1.807) is 0 Å². The largest absolute Gasteiger partial charge is 0.328 e. The van der Waals surface area contributed by atoms with Gasteiger partial charge in [0.05, 0.1) is 7.85 Å². The summed E-state index contributed by atoms with van der Waals surface area (Å²) < 4.78 is 0. The van der Waals surface area contributed by atoms with Crippen LogP contribution in [0.3, 0.4) is 0 Å². The van der Waals surface area contributed by atoms with E-state index >= 15 is 0 Å². The molecule has 15 heavy (non-hydrogen) atoms. The Labute approximate surface area is 97.0 Å². The second-order valence-electron chi connectivity index (χ2n) is 4.51. The van der Waals surface area contributed by atoms with Crippen LogP contribution in [0.25, 0.3) is 0 Å². The first kappa shape index (κ1) is 15.0. The van der Waals surface area contributed by atoms with Crippen molar-refractivity contribution in [2.24, 2.45) is 11.1 Å². The summed E-state index contributed by atoms with van der Waals surface area (Å²) >= 11 is 0. The molecule has 1 aliphatic carbocycles. The molecule has 0 aromatic heterocycles. The summed E-state index contributed by atoms with van der Waals surface area (Å²) in [7, 11) is 6.71. The third kappa shape index (κ3) is 4.16. The topological polar surface area (TPSA) is 29.3 Å². The molecule has 1 spiro atoms. The lowest BCUT2D eigenvalue weighted by molar-refractivity contribution is -0.0131. The van der Waals surface area contributed by atoms with Gasteiger partial charge in [0.25, 0.3) is 0 Å². The van der Waals surface area contributed by atoms with Crippen LogP contribution in [-0.4, -0.2) is 38.9 Å². The predicted octanol–water partition coefficient (Wildman–Crippen LogP) is 2.05. The van der Waals surface area contributed by atoms with Crippen LogP contribution in [0.2, 0.25) is 6.82 Å². The van der Waals surface area contributed by atoms with Gasteiger partial charge in [0, 0.05) is 19.1 Å². The lowest BCUT2D eigenvalue weighted by atomic mass is 9.68. The van der Waals surface area contributed by atoms with E-state index in [-0.39, 0.29) is 0 Å². The van der Waals surface area contributed by atoms with E-state index in [0.29, 0.717) is 11.5 Å². The second-order valence-corrected chi connectivity index (χ2v) is 4.51. The molecule has 0 aromatic carbocycles. The zero-order valence-corrected chi connectivity index (χ0v) is 10.9. The second kappa shape index (κ2) is 7.29. The number of hydrogen-bond donors (Lipinski definition) is 1. The summed E-state index contributed by atoms with van der Waals surface area (Å²) in [4.78, 5) is 2.41. The molecule has 3 heteroatoms. The molecule has 0 atom stereocenters. The summed E-state index contributed by atoms with van der Waals surface area (Å²) in [6.45, 7) is 8.14. The van der Waals surface area contributed by atoms with Crippen molar-refractivity contribution in [2.75, 3.05) is 20.1 Å². The molecule has 0 bridgehead atoms. The minimum absolute atomic E-state index is 0.506. The third-order valence-electron chi connectivity index (χ3n) is 3.30. The molecule has 2 radical (unpaired) electrons. The van der Waals surface area contributed by atoms with Crippen LogP contribution in [0.15, 0.2) is 0 Å². The first-order chi connectivity index (χ1) is 7.20. The minimum Gasteiger partial charge on any atom is -0.328 e. The Bertz CT molecular complexity index is 146. The fourth-order valence-electron chi connectivity index (χ4n) is 2.67. The average Bonchev–Trinajstić information content (AvgIpc) is 2.26. The lowest BCUT2D eigenvalue weighted by Crippen LogP contribution is -2.56. The van der Waals surface area contributed by atoms with Crippen LogP contribution in [0.5, 0.6) is 0 Å². The molecule has 1 heterocycles. The van der Waals surface area contributed by atoms with Crippen molar-refractivity contribution < 1.29 is 0 Å². The van der Waals surface area contributed by atoms with Gasteiger partial charge in [-0.1, -0.05) is 20.7 Å². The number of rotatable bonds is 0. The molecule has 88 valence electrons. The van der Waals surface area contributed by atoms with Crippen molar-refractivity contribution in [3.05, 3.63) is 0 Å². The van der Waals surface area contributed by atoms with Crippen LogP contribution in [0, 0.1) is 5.41 Å². The summed E-state index contributed by atoms with van der Waals surface area (Å²) in [6.07, 6.45) is 5.26. The highest BCUT2D eigenvalue weighted by molar-refractivity contribution is 6.05. The molecular formula is C12H27BN2. The van der Waals surface area contributed by atoms with Crippen molar-refractivity contribution in [3.8, 4) is 0 Å². The van der Waals surface area contributed by atoms with Crippen molar-refractivity contribution in [2.45, 2.75) is 52.4 Å². The average molecular weight is 210 g/mol. The summed E-state index contributed by atoms with van der Waals surface area (Å²) in [5, 5.41) is 0. The molecule has 0 amide bonds. The van der Waals surface area contributed by atoms with Crippen molar-refractivity contribution in [3.63, 3.8) is 0 Å². The Kier molecular flexibility index (Phi) is 7.28. The van der Waals surface area contributed by atoms with E-state index in [4.69, 9.17) is 5.73 Å². The van der Waals surface area contributed by atoms with Crippen LogP contribution in [0.1, 0.15) is 39.5 Å². The molecule has 0 unspecified atom stereocenters. The lowest BCUT2D eigenvalue weighted by Gasteiger charge is -2.52. The molecule has 2 rings (SSSR count). The third-order valence-corrected chi connectivity index (χ3v) is 3.30. The monoisotopic (exact) mass is 210 g/mol. The zero-order chi connectivity index (χ0) is 11.9. The first-order valence-corrected chi connectivity index (χ1v) is 6.22. The minimum atomic E-state index is 0.506. The maximum absolute atomic E-state index is 5.86. The van der Waals surface area contributed by atoms with Gasteiger partial charge in [0.2, 0.25) is 0 Å². The van der Waals surface area contributed by atoms with Gasteiger partial charge in [-0.3, -0.25) is 0 Å². The highest BCUT2D eigenvalue weighted by atomic mass is 15.2.